The van der Waals surface area contributed by atoms with E-state index in [0.717, 1.165) is 81.7 Å². The number of aromatic nitrogens is 1. The highest BCUT2D eigenvalue weighted by Gasteiger charge is 2.31. The van der Waals surface area contributed by atoms with Gasteiger partial charge >= 0.3 is 0 Å². The SMILES string of the molecule is Cc1c(CN2CCN(c3ccccc3Cl)CC2)cc(C(=O)N2CCN(c3ccccc3)CC2C)n1CCCN.Cl.Cl. The van der Waals surface area contributed by atoms with Crippen molar-refractivity contribution < 1.29 is 4.79 Å². The van der Waals surface area contributed by atoms with Crippen LogP contribution in [0.5, 0.6) is 0 Å². The lowest BCUT2D eigenvalue weighted by Crippen LogP contribution is -2.54. The molecule has 3 aromatic rings. The number of piperazine rings is 2. The number of halogens is 3. The summed E-state index contributed by atoms with van der Waals surface area (Å²) in [7, 11) is 0. The fraction of sp³-hybridized carbons (Fsp3) is 0.452. The molecular formula is C31H43Cl3N6O. The van der Waals surface area contributed by atoms with Gasteiger partial charge in [-0.15, -0.1) is 24.8 Å². The van der Waals surface area contributed by atoms with Gasteiger partial charge < -0.3 is 25.0 Å². The number of para-hydroxylation sites is 2. The molecule has 3 heterocycles. The van der Waals surface area contributed by atoms with E-state index >= 15 is 0 Å². The van der Waals surface area contributed by atoms with Crippen LogP contribution in [0.3, 0.4) is 0 Å². The van der Waals surface area contributed by atoms with Crippen molar-refractivity contribution in [3.05, 3.63) is 82.6 Å². The minimum atomic E-state index is 0. The van der Waals surface area contributed by atoms with E-state index in [1.54, 1.807) is 0 Å². The number of benzene rings is 2. The summed E-state index contributed by atoms with van der Waals surface area (Å²) in [6.45, 7) is 12.7. The van der Waals surface area contributed by atoms with Crippen molar-refractivity contribution in [2.45, 2.75) is 39.4 Å². The van der Waals surface area contributed by atoms with Crippen LogP contribution >= 0.6 is 36.4 Å². The lowest BCUT2D eigenvalue weighted by molar-refractivity contribution is 0.0662. The van der Waals surface area contributed by atoms with E-state index in [1.807, 2.05) is 24.3 Å². The average molecular weight is 622 g/mol. The first-order chi connectivity index (χ1) is 19.0. The number of rotatable bonds is 8. The molecular weight excluding hydrogens is 579 g/mol. The number of hydrogen-bond acceptors (Lipinski definition) is 5. The molecule has 0 saturated carbocycles. The monoisotopic (exact) mass is 620 g/mol. The van der Waals surface area contributed by atoms with E-state index in [9.17, 15) is 4.79 Å². The third-order valence-corrected chi connectivity index (χ3v) is 8.56. The van der Waals surface area contributed by atoms with E-state index in [2.05, 4.69) is 74.4 Å². The second-order valence-corrected chi connectivity index (χ2v) is 11.2. The molecule has 224 valence electrons. The molecule has 0 bridgehead atoms. The Morgan fingerprint density at radius 3 is 2.24 bits per heavy atom. The molecule has 7 nitrogen and oxygen atoms in total. The van der Waals surface area contributed by atoms with Crippen LogP contribution in [0.4, 0.5) is 11.4 Å². The van der Waals surface area contributed by atoms with Crippen LogP contribution in [0.2, 0.25) is 5.02 Å². The Hall–Kier alpha value is -2.42. The van der Waals surface area contributed by atoms with E-state index < -0.39 is 0 Å². The smallest absolute Gasteiger partial charge is 0.270 e. The molecule has 1 atom stereocenters. The summed E-state index contributed by atoms with van der Waals surface area (Å²) in [4.78, 5) is 23.2. The number of nitrogens with two attached hydrogens (primary N) is 1. The van der Waals surface area contributed by atoms with Crippen LogP contribution in [-0.4, -0.2) is 78.7 Å². The third kappa shape index (κ3) is 7.51. The number of nitrogens with zero attached hydrogens (tertiary/aromatic N) is 5. The molecule has 1 unspecified atom stereocenters. The number of carbonyl (C=O) groups is 1. The van der Waals surface area contributed by atoms with Crippen LogP contribution in [0.1, 0.15) is 35.1 Å². The Morgan fingerprint density at radius 2 is 1.59 bits per heavy atom. The topological polar surface area (TPSA) is 61.0 Å². The summed E-state index contributed by atoms with van der Waals surface area (Å²) < 4.78 is 2.21. The maximum absolute atomic E-state index is 13.9. The largest absolute Gasteiger partial charge is 0.368 e. The summed E-state index contributed by atoms with van der Waals surface area (Å²) in [5.41, 5.74) is 11.4. The zero-order valence-corrected chi connectivity index (χ0v) is 26.4. The first-order valence-corrected chi connectivity index (χ1v) is 14.6. The summed E-state index contributed by atoms with van der Waals surface area (Å²) in [6.07, 6.45) is 0.850. The standard InChI is InChI=1S/C31H41ClN6O.2ClH/c1-24-22-36(27-9-4-3-5-10-27)19-20-37(24)31(39)30-21-26(25(2)38(30)14-8-13-33)23-34-15-17-35(18-16-34)29-12-7-6-11-28(29)32;;/h3-7,9-12,21,24H,8,13-20,22-23,33H2,1-2H3;2*1H. The Kier molecular flexibility index (Phi) is 12.2. The molecule has 10 heteroatoms. The minimum absolute atomic E-state index is 0. The van der Waals surface area contributed by atoms with E-state index in [-0.39, 0.29) is 36.8 Å². The van der Waals surface area contributed by atoms with E-state index in [4.69, 9.17) is 17.3 Å². The minimum Gasteiger partial charge on any atom is -0.368 e. The molecule has 41 heavy (non-hydrogen) atoms. The zero-order valence-electron chi connectivity index (χ0n) is 24.0. The fourth-order valence-corrected chi connectivity index (χ4v) is 6.21. The third-order valence-electron chi connectivity index (χ3n) is 8.25. The quantitative estimate of drug-likeness (QED) is 0.369. The predicted octanol–water partition coefficient (Wildman–Crippen LogP) is 5.32. The van der Waals surface area contributed by atoms with Crippen molar-refractivity contribution in [2.75, 3.05) is 62.2 Å². The van der Waals surface area contributed by atoms with Crippen molar-refractivity contribution in [1.29, 1.82) is 0 Å². The van der Waals surface area contributed by atoms with Gasteiger partial charge in [0, 0.05) is 76.3 Å². The Balaban J connectivity index is 0.00000231. The van der Waals surface area contributed by atoms with Gasteiger partial charge in [0.15, 0.2) is 0 Å². The van der Waals surface area contributed by atoms with Crippen molar-refractivity contribution in [3.63, 3.8) is 0 Å². The van der Waals surface area contributed by atoms with Gasteiger partial charge in [-0.1, -0.05) is 41.9 Å². The molecule has 2 saturated heterocycles. The fourth-order valence-electron chi connectivity index (χ4n) is 5.95. The van der Waals surface area contributed by atoms with Gasteiger partial charge in [-0.05, 0) is 62.7 Å². The second kappa shape index (κ2) is 15.2. The Morgan fingerprint density at radius 1 is 0.927 bits per heavy atom. The van der Waals surface area contributed by atoms with Crippen LogP contribution < -0.4 is 15.5 Å². The number of hydrogen-bond donors (Lipinski definition) is 1. The number of anilines is 2. The molecule has 2 fully saturated rings. The molecule has 1 amide bonds. The van der Waals surface area contributed by atoms with Crippen LogP contribution in [-0.2, 0) is 13.1 Å². The summed E-state index contributed by atoms with van der Waals surface area (Å²) in [6, 6.07) is 20.8. The highest BCUT2D eigenvalue weighted by Crippen LogP contribution is 2.28. The van der Waals surface area contributed by atoms with Crippen LogP contribution in [0.25, 0.3) is 0 Å². The van der Waals surface area contributed by atoms with Crippen molar-refractivity contribution in [1.82, 2.24) is 14.4 Å². The van der Waals surface area contributed by atoms with Crippen molar-refractivity contribution >= 4 is 53.7 Å². The highest BCUT2D eigenvalue weighted by atomic mass is 35.5. The van der Waals surface area contributed by atoms with Crippen LogP contribution in [0.15, 0.2) is 60.7 Å². The summed E-state index contributed by atoms with van der Waals surface area (Å²) >= 11 is 6.44. The Bertz CT molecular complexity index is 1260. The van der Waals surface area contributed by atoms with E-state index in [1.165, 1.54) is 16.9 Å². The van der Waals surface area contributed by atoms with Gasteiger partial charge in [0.05, 0.1) is 10.7 Å². The average Bonchev–Trinajstić information content (AvgIpc) is 3.27. The molecule has 0 radical (unpaired) electrons. The zero-order chi connectivity index (χ0) is 27.4. The maximum Gasteiger partial charge on any atom is 0.270 e. The first-order valence-electron chi connectivity index (χ1n) is 14.2. The summed E-state index contributed by atoms with van der Waals surface area (Å²) in [5, 5.41) is 0.806. The second-order valence-electron chi connectivity index (χ2n) is 10.8. The molecule has 2 N–H and O–H groups in total. The van der Waals surface area contributed by atoms with Gasteiger partial charge in [0.2, 0.25) is 0 Å². The normalized spacial score (nSPS) is 17.7. The molecule has 0 aliphatic carbocycles. The molecule has 5 rings (SSSR count). The number of carbonyl (C=O) groups excluding carboxylic acids is 1. The van der Waals surface area contributed by atoms with Gasteiger partial charge in [0.25, 0.3) is 5.91 Å². The summed E-state index contributed by atoms with van der Waals surface area (Å²) in [5.74, 6) is 0.130. The van der Waals surface area contributed by atoms with Crippen LogP contribution in [0, 0.1) is 6.92 Å². The lowest BCUT2D eigenvalue weighted by atomic mass is 10.1. The van der Waals surface area contributed by atoms with Crippen molar-refractivity contribution in [3.8, 4) is 0 Å². The van der Waals surface area contributed by atoms with Crippen molar-refractivity contribution in [2.24, 2.45) is 5.73 Å². The highest BCUT2D eigenvalue weighted by molar-refractivity contribution is 6.33. The number of amides is 1. The van der Waals surface area contributed by atoms with Gasteiger partial charge in [-0.3, -0.25) is 9.69 Å². The van der Waals surface area contributed by atoms with E-state index in [0.29, 0.717) is 6.54 Å². The molecule has 2 aromatic carbocycles. The molecule has 2 aliphatic rings. The molecule has 1 aromatic heterocycles. The molecule has 0 spiro atoms. The van der Waals surface area contributed by atoms with Gasteiger partial charge in [-0.2, -0.15) is 0 Å². The predicted molar refractivity (Wildman–Crippen MR) is 175 cm³/mol. The van der Waals surface area contributed by atoms with Gasteiger partial charge in [-0.25, -0.2) is 0 Å². The lowest BCUT2D eigenvalue weighted by Gasteiger charge is -2.41. The Labute approximate surface area is 262 Å². The first kappa shape index (κ1) is 33.1. The maximum atomic E-state index is 13.9. The van der Waals surface area contributed by atoms with Gasteiger partial charge in [0.1, 0.15) is 5.69 Å². The molecule has 2 aliphatic heterocycles.